The van der Waals surface area contributed by atoms with Gasteiger partial charge in [0.2, 0.25) is 0 Å². The highest BCUT2D eigenvalue weighted by atomic mass is 32.1. The summed E-state index contributed by atoms with van der Waals surface area (Å²) in [6, 6.07) is 4.46. The van der Waals surface area contributed by atoms with Crippen LogP contribution in [-0.4, -0.2) is 46.3 Å². The zero-order valence-corrected chi connectivity index (χ0v) is 13.8. The molecule has 122 valence electrons. The van der Waals surface area contributed by atoms with Crippen LogP contribution in [0.25, 0.3) is 0 Å². The van der Waals surface area contributed by atoms with Crippen molar-refractivity contribution in [2.45, 2.75) is 44.2 Å². The Hall–Kier alpha value is -1.34. The lowest BCUT2D eigenvalue weighted by Crippen LogP contribution is -2.51. The molecule has 2 aliphatic rings. The van der Waals surface area contributed by atoms with Crippen molar-refractivity contribution in [2.75, 3.05) is 13.2 Å². The van der Waals surface area contributed by atoms with Crippen molar-refractivity contribution >= 4 is 11.3 Å². The molecule has 4 rings (SSSR count). The smallest absolute Gasteiger partial charge is 0.107 e. The van der Waals surface area contributed by atoms with Crippen LogP contribution < -0.4 is 0 Å². The van der Waals surface area contributed by atoms with Crippen LogP contribution in [0, 0.1) is 0 Å². The zero-order chi connectivity index (χ0) is 15.5. The molecule has 23 heavy (non-hydrogen) atoms. The number of hydrogen-bond acceptors (Lipinski definition) is 6. The van der Waals surface area contributed by atoms with Crippen LogP contribution in [0.2, 0.25) is 0 Å². The van der Waals surface area contributed by atoms with Gasteiger partial charge in [0, 0.05) is 36.6 Å². The summed E-state index contributed by atoms with van der Waals surface area (Å²) in [5.74, 6) is 0. The van der Waals surface area contributed by atoms with Gasteiger partial charge in [-0.15, -0.1) is 11.3 Å². The molecule has 3 atom stereocenters. The Morgan fingerprint density at radius 1 is 1.26 bits per heavy atom. The first-order chi connectivity index (χ1) is 11.4. The quantitative estimate of drug-likeness (QED) is 0.842. The van der Waals surface area contributed by atoms with E-state index in [-0.39, 0.29) is 12.2 Å². The molecule has 0 aromatic carbocycles. The van der Waals surface area contributed by atoms with Crippen LogP contribution in [0.4, 0.5) is 0 Å². The van der Waals surface area contributed by atoms with Gasteiger partial charge in [0.1, 0.15) is 5.01 Å². The van der Waals surface area contributed by atoms with E-state index in [1.165, 1.54) is 10.6 Å². The van der Waals surface area contributed by atoms with Gasteiger partial charge >= 0.3 is 0 Å². The second-order valence-corrected chi connectivity index (χ2v) is 7.06. The molecule has 1 saturated carbocycles. The highest BCUT2D eigenvalue weighted by Gasteiger charge is 2.43. The molecule has 0 spiro atoms. The molecule has 3 heterocycles. The molecule has 1 aliphatic heterocycles. The van der Waals surface area contributed by atoms with Gasteiger partial charge in [-0.3, -0.25) is 9.88 Å². The number of hydrogen-bond donors (Lipinski definition) is 0. The highest BCUT2D eigenvalue weighted by molar-refractivity contribution is 7.09. The summed E-state index contributed by atoms with van der Waals surface area (Å²) in [6.07, 6.45) is 8.07. The monoisotopic (exact) mass is 331 g/mol. The number of nitrogens with zero attached hydrogens (tertiary/aromatic N) is 3. The second kappa shape index (κ2) is 7.05. The molecule has 0 unspecified atom stereocenters. The third kappa shape index (κ3) is 3.45. The molecule has 2 fully saturated rings. The van der Waals surface area contributed by atoms with Crippen molar-refractivity contribution in [3.8, 4) is 0 Å². The van der Waals surface area contributed by atoms with E-state index in [9.17, 15) is 0 Å². The Morgan fingerprint density at radius 3 is 3.00 bits per heavy atom. The van der Waals surface area contributed by atoms with Gasteiger partial charge in [-0.25, -0.2) is 4.98 Å². The molecule has 0 N–H and O–H groups in total. The summed E-state index contributed by atoms with van der Waals surface area (Å²) in [4.78, 5) is 11.0. The summed E-state index contributed by atoms with van der Waals surface area (Å²) in [7, 11) is 0. The van der Waals surface area contributed by atoms with Crippen LogP contribution in [0.1, 0.15) is 23.4 Å². The van der Waals surface area contributed by atoms with Crippen molar-refractivity contribution in [3.05, 3.63) is 46.7 Å². The average Bonchev–Trinajstić information content (AvgIpc) is 3.24. The van der Waals surface area contributed by atoms with Gasteiger partial charge in [-0.2, -0.15) is 0 Å². The van der Waals surface area contributed by atoms with Crippen molar-refractivity contribution in [1.29, 1.82) is 0 Å². The molecule has 1 aliphatic carbocycles. The fourth-order valence-electron chi connectivity index (χ4n) is 3.55. The van der Waals surface area contributed by atoms with Crippen molar-refractivity contribution in [1.82, 2.24) is 14.9 Å². The Kier molecular flexibility index (Phi) is 4.66. The number of fused-ring (bicyclic) bond motifs is 1. The molecule has 0 radical (unpaired) electrons. The predicted octanol–water partition coefficient (Wildman–Crippen LogP) is 2.49. The Labute approximate surface area is 140 Å². The molecule has 6 heteroatoms. The molecule has 5 nitrogen and oxygen atoms in total. The van der Waals surface area contributed by atoms with Crippen LogP contribution in [0.3, 0.4) is 0 Å². The van der Waals surface area contributed by atoms with E-state index < -0.39 is 0 Å². The predicted molar refractivity (Wildman–Crippen MR) is 88.1 cm³/mol. The van der Waals surface area contributed by atoms with E-state index in [4.69, 9.17) is 9.47 Å². The Morgan fingerprint density at radius 2 is 2.17 bits per heavy atom. The summed E-state index contributed by atoms with van der Waals surface area (Å²) in [5.41, 5.74) is 1.17. The first-order valence-corrected chi connectivity index (χ1v) is 9.02. The maximum Gasteiger partial charge on any atom is 0.107 e. The second-order valence-electron chi connectivity index (χ2n) is 6.08. The van der Waals surface area contributed by atoms with Gasteiger partial charge in [-0.1, -0.05) is 0 Å². The lowest BCUT2D eigenvalue weighted by atomic mass is 10.1. The van der Waals surface area contributed by atoms with Crippen LogP contribution in [-0.2, 0) is 22.6 Å². The first-order valence-electron chi connectivity index (χ1n) is 8.15. The lowest BCUT2D eigenvalue weighted by molar-refractivity contribution is -0.118. The lowest BCUT2D eigenvalue weighted by Gasteiger charge is -2.38. The third-order valence-corrected chi connectivity index (χ3v) is 5.45. The third-order valence-electron chi connectivity index (χ3n) is 4.69. The number of aromatic nitrogens is 2. The number of ether oxygens (including phenoxy) is 2. The summed E-state index contributed by atoms with van der Waals surface area (Å²) in [5, 5.41) is 3.23. The van der Waals surface area contributed by atoms with Crippen LogP contribution in [0.5, 0.6) is 0 Å². The average molecular weight is 331 g/mol. The highest BCUT2D eigenvalue weighted by Crippen LogP contribution is 2.33. The molecule has 2 aromatic rings. The SMILES string of the molecule is c1cc(CO[C@@H]2CC[C@@H]3[C@@H]2OCCN3Cc2nccs2)ccn1. The van der Waals surface area contributed by atoms with Crippen LogP contribution >= 0.6 is 11.3 Å². The molecular formula is C17H21N3O2S. The van der Waals surface area contributed by atoms with Crippen molar-refractivity contribution < 1.29 is 9.47 Å². The van der Waals surface area contributed by atoms with E-state index in [1.54, 1.807) is 11.3 Å². The number of rotatable bonds is 5. The fraction of sp³-hybridized carbons (Fsp3) is 0.529. The fourth-order valence-corrected chi connectivity index (χ4v) is 4.19. The Balaban J connectivity index is 1.37. The molecular weight excluding hydrogens is 310 g/mol. The van der Waals surface area contributed by atoms with Gasteiger partial charge in [0.05, 0.1) is 32.0 Å². The summed E-state index contributed by atoms with van der Waals surface area (Å²) >= 11 is 1.73. The van der Waals surface area contributed by atoms with Gasteiger partial charge in [0.15, 0.2) is 0 Å². The maximum absolute atomic E-state index is 6.15. The topological polar surface area (TPSA) is 47.5 Å². The van der Waals surface area contributed by atoms with E-state index in [0.717, 1.165) is 32.5 Å². The molecule has 0 amide bonds. The van der Waals surface area contributed by atoms with Gasteiger partial charge in [-0.05, 0) is 30.5 Å². The van der Waals surface area contributed by atoms with Crippen LogP contribution in [0.15, 0.2) is 36.1 Å². The van der Waals surface area contributed by atoms with E-state index >= 15 is 0 Å². The zero-order valence-electron chi connectivity index (χ0n) is 13.0. The summed E-state index contributed by atoms with van der Waals surface area (Å²) in [6.45, 7) is 3.32. The minimum Gasteiger partial charge on any atom is -0.373 e. The van der Waals surface area contributed by atoms with Gasteiger partial charge in [0.25, 0.3) is 0 Å². The van der Waals surface area contributed by atoms with Crippen molar-refractivity contribution in [3.63, 3.8) is 0 Å². The standard InChI is InChI=1S/C17H21N3O2S/c1-2-15(22-12-13-3-5-18-6-4-13)17-14(1)20(8-9-21-17)11-16-19-7-10-23-16/h3-7,10,14-15,17H,1-2,8-9,11-12H2/t14-,15-,17+/m1/s1. The van der Waals surface area contributed by atoms with E-state index in [0.29, 0.717) is 12.6 Å². The summed E-state index contributed by atoms with van der Waals surface area (Å²) < 4.78 is 12.2. The number of pyridine rings is 1. The largest absolute Gasteiger partial charge is 0.373 e. The molecule has 2 aromatic heterocycles. The molecule has 0 bridgehead atoms. The first kappa shape index (κ1) is 15.2. The van der Waals surface area contributed by atoms with E-state index in [1.807, 2.05) is 36.1 Å². The minimum absolute atomic E-state index is 0.186. The minimum atomic E-state index is 0.186. The number of morpholine rings is 1. The normalized spacial score (nSPS) is 27.9. The molecule has 1 saturated heterocycles. The van der Waals surface area contributed by atoms with E-state index in [2.05, 4.69) is 14.9 Å². The Bertz CT molecular complexity index is 608. The number of thiazole rings is 1. The maximum atomic E-state index is 6.15. The van der Waals surface area contributed by atoms with Gasteiger partial charge < -0.3 is 9.47 Å². The van der Waals surface area contributed by atoms with Crippen molar-refractivity contribution in [2.24, 2.45) is 0 Å².